The van der Waals surface area contributed by atoms with Crippen LogP contribution in [0.3, 0.4) is 0 Å². The fourth-order valence-corrected chi connectivity index (χ4v) is 3.70. The second-order valence-electron chi connectivity index (χ2n) is 6.78. The summed E-state index contributed by atoms with van der Waals surface area (Å²) in [6.45, 7) is 5.26. The Bertz CT molecular complexity index is 686. The van der Waals surface area contributed by atoms with Gasteiger partial charge in [-0.25, -0.2) is 4.98 Å². The third-order valence-electron chi connectivity index (χ3n) is 4.71. The number of morpholine rings is 1. The fourth-order valence-electron chi connectivity index (χ4n) is 3.70. The molecule has 2 aliphatic rings. The van der Waals surface area contributed by atoms with Crippen LogP contribution in [0.2, 0.25) is 0 Å². The van der Waals surface area contributed by atoms with E-state index in [2.05, 4.69) is 28.9 Å². The lowest BCUT2D eigenvalue weighted by Gasteiger charge is -2.47. The molecule has 1 aromatic carbocycles. The maximum atomic E-state index is 6.27. The summed E-state index contributed by atoms with van der Waals surface area (Å²) in [4.78, 5) is 11.6. The molecule has 2 aliphatic heterocycles. The molecule has 5 heteroatoms. The van der Waals surface area contributed by atoms with Crippen molar-refractivity contribution in [1.29, 1.82) is 0 Å². The molecule has 0 aliphatic carbocycles. The molecular weight excluding hydrogens is 302 g/mol. The number of hydrogen-bond donors (Lipinski definition) is 0. The monoisotopic (exact) mass is 325 g/mol. The number of hydrogen-bond acceptors (Lipinski definition) is 5. The Hall–Kier alpha value is -1.98. The van der Waals surface area contributed by atoms with Crippen molar-refractivity contribution < 1.29 is 9.47 Å². The van der Waals surface area contributed by atoms with Crippen LogP contribution in [0.15, 0.2) is 42.7 Å². The Morgan fingerprint density at radius 2 is 2.08 bits per heavy atom. The highest BCUT2D eigenvalue weighted by atomic mass is 16.6. The maximum Gasteiger partial charge on any atom is 0.148 e. The van der Waals surface area contributed by atoms with Crippen molar-refractivity contribution >= 4 is 5.82 Å². The summed E-state index contributed by atoms with van der Waals surface area (Å²) < 4.78 is 12.0. The van der Waals surface area contributed by atoms with Gasteiger partial charge in [0, 0.05) is 18.7 Å². The van der Waals surface area contributed by atoms with Crippen LogP contribution in [0.25, 0.3) is 11.3 Å². The number of benzene rings is 1. The Morgan fingerprint density at radius 3 is 2.88 bits per heavy atom. The summed E-state index contributed by atoms with van der Waals surface area (Å²) >= 11 is 0. The molecule has 24 heavy (non-hydrogen) atoms. The molecule has 2 saturated heterocycles. The van der Waals surface area contributed by atoms with Crippen molar-refractivity contribution in [2.45, 2.75) is 31.5 Å². The molecule has 1 spiro atoms. The van der Waals surface area contributed by atoms with E-state index in [0.717, 1.165) is 49.6 Å². The summed E-state index contributed by atoms with van der Waals surface area (Å²) in [6, 6.07) is 10.2. The first-order valence-corrected chi connectivity index (χ1v) is 8.62. The quantitative estimate of drug-likeness (QED) is 0.849. The van der Waals surface area contributed by atoms with E-state index < -0.39 is 0 Å². The highest BCUT2D eigenvalue weighted by molar-refractivity contribution is 5.60. The van der Waals surface area contributed by atoms with Gasteiger partial charge in [0.25, 0.3) is 0 Å². The van der Waals surface area contributed by atoms with Crippen LogP contribution in [-0.2, 0) is 9.47 Å². The zero-order valence-corrected chi connectivity index (χ0v) is 14.0. The maximum absolute atomic E-state index is 6.27. The van der Waals surface area contributed by atoms with Crippen LogP contribution in [0, 0.1) is 0 Å². The van der Waals surface area contributed by atoms with Gasteiger partial charge in [-0.1, -0.05) is 30.3 Å². The normalized spacial score (nSPS) is 27.4. The molecule has 0 amide bonds. The van der Waals surface area contributed by atoms with Crippen LogP contribution >= 0.6 is 0 Å². The minimum absolute atomic E-state index is 0.155. The first-order valence-electron chi connectivity index (χ1n) is 8.62. The molecule has 2 fully saturated rings. The Balaban J connectivity index is 1.61. The van der Waals surface area contributed by atoms with Gasteiger partial charge in [-0.2, -0.15) is 0 Å². The largest absolute Gasteiger partial charge is 0.378 e. The molecule has 0 N–H and O–H groups in total. The van der Waals surface area contributed by atoms with Crippen molar-refractivity contribution in [2.75, 3.05) is 31.2 Å². The highest BCUT2D eigenvalue weighted by Crippen LogP contribution is 2.32. The minimum Gasteiger partial charge on any atom is -0.378 e. The first-order chi connectivity index (χ1) is 11.7. The van der Waals surface area contributed by atoms with Crippen LogP contribution in [0.4, 0.5) is 5.82 Å². The third-order valence-corrected chi connectivity index (χ3v) is 4.71. The van der Waals surface area contributed by atoms with Crippen molar-refractivity contribution in [3.8, 4) is 11.3 Å². The van der Waals surface area contributed by atoms with Gasteiger partial charge in [0.1, 0.15) is 11.4 Å². The molecule has 0 bridgehead atoms. The number of ether oxygens (including phenoxy) is 2. The Morgan fingerprint density at radius 1 is 1.21 bits per heavy atom. The molecule has 1 aromatic heterocycles. The Kier molecular flexibility index (Phi) is 4.21. The van der Waals surface area contributed by atoms with Crippen molar-refractivity contribution in [2.24, 2.45) is 0 Å². The smallest absolute Gasteiger partial charge is 0.148 e. The standard InChI is InChI=1S/C19H23N3O2/c1-15-12-22(13-19(24-15)8-5-9-23-14-19)18-11-20-10-17(21-18)16-6-3-2-4-7-16/h2-4,6-7,10-11,15H,5,8-9,12-14H2,1H3/t15-,19+/m0/s1. The molecule has 2 aromatic rings. The number of nitrogens with zero attached hydrogens (tertiary/aromatic N) is 3. The molecular formula is C19H23N3O2. The molecule has 2 atom stereocenters. The molecule has 0 saturated carbocycles. The summed E-state index contributed by atoms with van der Waals surface area (Å²) in [7, 11) is 0. The van der Waals surface area contributed by atoms with Gasteiger partial charge in [-0.05, 0) is 19.8 Å². The van der Waals surface area contributed by atoms with E-state index >= 15 is 0 Å². The van der Waals surface area contributed by atoms with Gasteiger partial charge >= 0.3 is 0 Å². The van der Waals surface area contributed by atoms with Crippen LogP contribution in [0.1, 0.15) is 19.8 Å². The Labute approximate surface area is 142 Å². The average molecular weight is 325 g/mol. The van der Waals surface area contributed by atoms with Crippen molar-refractivity contribution in [3.63, 3.8) is 0 Å². The zero-order valence-electron chi connectivity index (χ0n) is 14.0. The second kappa shape index (κ2) is 6.49. The lowest BCUT2D eigenvalue weighted by atomic mass is 9.93. The van der Waals surface area contributed by atoms with E-state index in [4.69, 9.17) is 14.5 Å². The third kappa shape index (κ3) is 3.14. The topological polar surface area (TPSA) is 47.5 Å². The van der Waals surface area contributed by atoms with Crippen LogP contribution in [0.5, 0.6) is 0 Å². The molecule has 5 nitrogen and oxygen atoms in total. The number of anilines is 1. The van der Waals surface area contributed by atoms with Crippen molar-refractivity contribution in [3.05, 3.63) is 42.7 Å². The molecule has 0 unspecified atom stereocenters. The first kappa shape index (κ1) is 15.5. The van der Waals surface area contributed by atoms with E-state index in [0.29, 0.717) is 6.61 Å². The van der Waals surface area contributed by atoms with Gasteiger partial charge in [0.2, 0.25) is 0 Å². The molecule has 126 valence electrons. The lowest BCUT2D eigenvalue weighted by molar-refractivity contribution is -0.160. The van der Waals surface area contributed by atoms with E-state index in [1.54, 1.807) is 0 Å². The SMILES string of the molecule is C[C@H]1CN(c2cncc(-c3ccccc3)n2)C[C@@]2(CCCOC2)O1. The average Bonchev–Trinajstić information content (AvgIpc) is 2.62. The van der Waals surface area contributed by atoms with Crippen LogP contribution in [-0.4, -0.2) is 48.0 Å². The summed E-state index contributed by atoms with van der Waals surface area (Å²) in [5.74, 6) is 0.913. The van der Waals surface area contributed by atoms with E-state index in [1.165, 1.54) is 0 Å². The van der Waals surface area contributed by atoms with Gasteiger partial charge < -0.3 is 14.4 Å². The van der Waals surface area contributed by atoms with Gasteiger partial charge in [0.05, 0.1) is 37.3 Å². The predicted octanol–water partition coefficient (Wildman–Crippen LogP) is 2.92. The number of aromatic nitrogens is 2. The second-order valence-corrected chi connectivity index (χ2v) is 6.78. The van der Waals surface area contributed by atoms with E-state index in [9.17, 15) is 0 Å². The lowest BCUT2D eigenvalue weighted by Crippen LogP contribution is -2.58. The minimum atomic E-state index is -0.208. The van der Waals surface area contributed by atoms with E-state index in [1.807, 2.05) is 30.6 Å². The van der Waals surface area contributed by atoms with E-state index in [-0.39, 0.29) is 11.7 Å². The van der Waals surface area contributed by atoms with Gasteiger partial charge in [-0.3, -0.25) is 4.98 Å². The molecule has 3 heterocycles. The van der Waals surface area contributed by atoms with Crippen LogP contribution < -0.4 is 4.90 Å². The zero-order chi connectivity index (χ0) is 16.4. The fraction of sp³-hybridized carbons (Fsp3) is 0.474. The highest BCUT2D eigenvalue weighted by Gasteiger charge is 2.41. The predicted molar refractivity (Wildman–Crippen MR) is 93.0 cm³/mol. The molecule has 0 radical (unpaired) electrons. The molecule has 4 rings (SSSR count). The van der Waals surface area contributed by atoms with Gasteiger partial charge in [-0.15, -0.1) is 0 Å². The number of rotatable bonds is 2. The summed E-state index contributed by atoms with van der Waals surface area (Å²) in [6.07, 6.45) is 5.92. The van der Waals surface area contributed by atoms with Crippen molar-refractivity contribution in [1.82, 2.24) is 9.97 Å². The summed E-state index contributed by atoms with van der Waals surface area (Å²) in [5.41, 5.74) is 1.78. The van der Waals surface area contributed by atoms with Gasteiger partial charge in [0.15, 0.2) is 0 Å². The summed E-state index contributed by atoms with van der Waals surface area (Å²) in [5, 5.41) is 0.